The zero-order valence-electron chi connectivity index (χ0n) is 6.60. The lowest BCUT2D eigenvalue weighted by atomic mass is 9.90. The van der Waals surface area contributed by atoms with Crippen molar-refractivity contribution in [3.8, 4) is 0 Å². The Morgan fingerprint density at radius 3 is 2.50 bits per heavy atom. The van der Waals surface area contributed by atoms with E-state index >= 15 is 0 Å². The van der Waals surface area contributed by atoms with Crippen molar-refractivity contribution < 1.29 is 4.74 Å². The van der Waals surface area contributed by atoms with E-state index in [4.69, 9.17) is 4.74 Å². The molecule has 1 nitrogen and oxygen atoms in total. The molecule has 0 aromatic heterocycles. The Kier molecular flexibility index (Phi) is 3.05. The van der Waals surface area contributed by atoms with Gasteiger partial charge in [-0.05, 0) is 18.3 Å². The van der Waals surface area contributed by atoms with Gasteiger partial charge in [0.1, 0.15) is 0 Å². The van der Waals surface area contributed by atoms with E-state index in [0.29, 0.717) is 11.4 Å². The molecule has 1 aliphatic rings. The van der Waals surface area contributed by atoms with Gasteiger partial charge in [-0.2, -0.15) is 12.6 Å². The van der Waals surface area contributed by atoms with Gasteiger partial charge < -0.3 is 4.74 Å². The molecule has 1 rings (SSSR count). The Labute approximate surface area is 68.6 Å². The van der Waals surface area contributed by atoms with E-state index in [1.54, 1.807) is 0 Å². The predicted octanol–water partition coefficient (Wildman–Crippen LogP) is 2.47. The first-order valence-electron chi connectivity index (χ1n) is 3.95. The van der Waals surface area contributed by atoms with E-state index in [9.17, 15) is 0 Å². The molecular weight excluding hydrogens is 144 g/mol. The summed E-state index contributed by atoms with van der Waals surface area (Å²) >= 11 is 4.01. The summed E-state index contributed by atoms with van der Waals surface area (Å²) in [4.78, 5) is 0. The Morgan fingerprint density at radius 1 is 1.40 bits per heavy atom. The zero-order valence-corrected chi connectivity index (χ0v) is 7.49. The molecule has 0 atom stereocenters. The minimum Gasteiger partial charge on any atom is -0.371 e. The van der Waals surface area contributed by atoms with Crippen LogP contribution in [0.25, 0.3) is 0 Å². The predicted molar refractivity (Wildman–Crippen MR) is 46.4 cm³/mol. The summed E-state index contributed by atoms with van der Waals surface area (Å²) in [6.07, 6.45) is 5.43. The van der Waals surface area contributed by atoms with Crippen molar-refractivity contribution in [3.63, 3.8) is 0 Å². The molecule has 0 radical (unpaired) electrons. The minimum absolute atomic E-state index is 0.475. The Hall–Kier alpha value is 0.310. The highest BCUT2D eigenvalue weighted by atomic mass is 32.1. The van der Waals surface area contributed by atoms with Gasteiger partial charge in [-0.1, -0.05) is 19.8 Å². The fourth-order valence-corrected chi connectivity index (χ4v) is 1.76. The normalized spacial score (nSPS) is 23.4. The van der Waals surface area contributed by atoms with E-state index in [1.165, 1.54) is 25.7 Å². The third-order valence-corrected chi connectivity index (χ3v) is 2.54. The molecule has 0 aliphatic heterocycles. The van der Waals surface area contributed by atoms with Crippen LogP contribution in [-0.2, 0) is 4.74 Å². The van der Waals surface area contributed by atoms with Gasteiger partial charge in [-0.3, -0.25) is 0 Å². The molecule has 10 heavy (non-hydrogen) atoms. The smallest absolute Gasteiger partial charge is 0.0892 e. The highest BCUT2D eigenvalue weighted by Crippen LogP contribution is 2.37. The van der Waals surface area contributed by atoms with Crippen LogP contribution in [0.3, 0.4) is 0 Å². The molecule has 1 saturated carbocycles. The molecular formula is C8H16OS. The second kappa shape index (κ2) is 3.63. The number of thiol groups is 1. The van der Waals surface area contributed by atoms with Crippen LogP contribution >= 0.6 is 12.6 Å². The van der Waals surface area contributed by atoms with Crippen molar-refractivity contribution in [1.29, 1.82) is 0 Å². The van der Waals surface area contributed by atoms with Crippen LogP contribution in [-0.4, -0.2) is 12.5 Å². The lowest BCUT2D eigenvalue weighted by Crippen LogP contribution is -2.18. The van der Waals surface area contributed by atoms with E-state index in [-0.39, 0.29) is 0 Å². The topological polar surface area (TPSA) is 9.23 Å². The lowest BCUT2D eigenvalue weighted by molar-refractivity contribution is 0.0875. The first-order valence-corrected chi connectivity index (χ1v) is 4.59. The van der Waals surface area contributed by atoms with E-state index in [2.05, 4.69) is 19.6 Å². The molecule has 0 unspecified atom stereocenters. The van der Waals surface area contributed by atoms with Gasteiger partial charge >= 0.3 is 0 Å². The summed E-state index contributed by atoms with van der Waals surface area (Å²) in [5, 5.41) is 0. The SMILES string of the molecule is CC1(COCS)CCCC1. The average molecular weight is 160 g/mol. The van der Waals surface area contributed by atoms with Gasteiger partial charge in [0.2, 0.25) is 0 Å². The molecule has 1 fully saturated rings. The quantitative estimate of drug-likeness (QED) is 0.493. The molecule has 0 saturated heterocycles. The molecule has 0 heterocycles. The van der Waals surface area contributed by atoms with E-state index in [0.717, 1.165) is 6.61 Å². The fourth-order valence-electron chi connectivity index (χ4n) is 1.66. The van der Waals surface area contributed by atoms with Gasteiger partial charge in [-0.15, -0.1) is 0 Å². The summed E-state index contributed by atoms with van der Waals surface area (Å²) in [6, 6.07) is 0. The van der Waals surface area contributed by atoms with Gasteiger partial charge in [0, 0.05) is 0 Å². The maximum Gasteiger partial charge on any atom is 0.0892 e. The summed E-state index contributed by atoms with van der Waals surface area (Å²) < 4.78 is 5.28. The number of hydrogen-bond acceptors (Lipinski definition) is 2. The van der Waals surface area contributed by atoms with Crippen molar-refractivity contribution in [2.24, 2.45) is 5.41 Å². The van der Waals surface area contributed by atoms with Crippen molar-refractivity contribution in [3.05, 3.63) is 0 Å². The molecule has 2 heteroatoms. The summed E-state index contributed by atoms with van der Waals surface area (Å²) in [5.41, 5.74) is 0.475. The number of hydrogen-bond donors (Lipinski definition) is 1. The molecule has 60 valence electrons. The maximum atomic E-state index is 5.28. The largest absolute Gasteiger partial charge is 0.371 e. The first-order chi connectivity index (χ1) is 4.77. The number of ether oxygens (including phenoxy) is 1. The van der Waals surface area contributed by atoms with Crippen LogP contribution in [0.2, 0.25) is 0 Å². The molecule has 1 aliphatic carbocycles. The first kappa shape index (κ1) is 8.41. The van der Waals surface area contributed by atoms with E-state index < -0.39 is 0 Å². The van der Waals surface area contributed by atoms with Crippen LogP contribution in [0.5, 0.6) is 0 Å². The van der Waals surface area contributed by atoms with Gasteiger partial charge in [0.05, 0.1) is 12.5 Å². The van der Waals surface area contributed by atoms with Crippen molar-refractivity contribution in [2.45, 2.75) is 32.6 Å². The molecule has 0 N–H and O–H groups in total. The second-order valence-corrected chi connectivity index (χ2v) is 3.75. The van der Waals surface area contributed by atoms with Crippen molar-refractivity contribution >= 4 is 12.6 Å². The van der Waals surface area contributed by atoms with Crippen LogP contribution in [0.4, 0.5) is 0 Å². The minimum atomic E-state index is 0.475. The monoisotopic (exact) mass is 160 g/mol. The highest BCUT2D eigenvalue weighted by molar-refractivity contribution is 7.80. The van der Waals surface area contributed by atoms with Crippen molar-refractivity contribution in [2.75, 3.05) is 12.5 Å². The second-order valence-electron chi connectivity index (χ2n) is 3.50. The van der Waals surface area contributed by atoms with Crippen LogP contribution in [0.1, 0.15) is 32.6 Å². The summed E-state index contributed by atoms with van der Waals surface area (Å²) in [7, 11) is 0. The zero-order chi connectivity index (χ0) is 7.45. The Bertz CT molecular complexity index is 97.4. The Morgan fingerprint density at radius 2 is 2.00 bits per heavy atom. The molecule has 0 aromatic carbocycles. The van der Waals surface area contributed by atoms with Crippen molar-refractivity contribution in [1.82, 2.24) is 0 Å². The Balaban J connectivity index is 2.22. The molecule has 0 aromatic rings. The standard InChI is InChI=1S/C8H16OS/c1-8(6-9-7-10)4-2-3-5-8/h10H,2-7H2,1H3. The lowest BCUT2D eigenvalue weighted by Gasteiger charge is -2.22. The summed E-state index contributed by atoms with van der Waals surface area (Å²) in [6.45, 7) is 3.21. The van der Waals surface area contributed by atoms with Gasteiger partial charge in [-0.25, -0.2) is 0 Å². The highest BCUT2D eigenvalue weighted by Gasteiger charge is 2.28. The molecule has 0 amide bonds. The maximum absolute atomic E-state index is 5.28. The third kappa shape index (κ3) is 2.17. The average Bonchev–Trinajstić information content (AvgIpc) is 2.33. The fraction of sp³-hybridized carbons (Fsp3) is 1.00. The molecule has 0 spiro atoms. The van der Waals surface area contributed by atoms with Gasteiger partial charge in [0.25, 0.3) is 0 Å². The van der Waals surface area contributed by atoms with Crippen LogP contribution < -0.4 is 0 Å². The molecule has 0 bridgehead atoms. The summed E-state index contributed by atoms with van der Waals surface area (Å²) in [5.74, 6) is 0.565. The third-order valence-electron chi connectivity index (χ3n) is 2.35. The number of rotatable bonds is 3. The van der Waals surface area contributed by atoms with Gasteiger partial charge in [0.15, 0.2) is 0 Å². The van der Waals surface area contributed by atoms with E-state index in [1.807, 2.05) is 0 Å². The van der Waals surface area contributed by atoms with Crippen LogP contribution in [0, 0.1) is 5.41 Å². The van der Waals surface area contributed by atoms with Crippen LogP contribution in [0.15, 0.2) is 0 Å².